The molecule has 0 aliphatic heterocycles. The third-order valence-electron chi connectivity index (χ3n) is 6.42. The van der Waals surface area contributed by atoms with Crippen LogP contribution in [0.4, 0.5) is 5.82 Å². The van der Waals surface area contributed by atoms with Gasteiger partial charge in [-0.25, -0.2) is 0 Å². The molecule has 1 aromatic heterocycles. The molecule has 1 aromatic rings. The van der Waals surface area contributed by atoms with Gasteiger partial charge in [0.2, 0.25) is 0 Å². The second-order valence-electron chi connectivity index (χ2n) is 7.72. The van der Waals surface area contributed by atoms with E-state index >= 15 is 0 Å². The fourth-order valence-corrected chi connectivity index (χ4v) is 6.18. The summed E-state index contributed by atoms with van der Waals surface area (Å²) in [4.78, 5) is 0. The molecule has 0 unspecified atom stereocenters. The second-order valence-corrected chi connectivity index (χ2v) is 7.72. The Labute approximate surface area is 114 Å². The highest BCUT2D eigenvalue weighted by atomic mass is 15.4. The lowest BCUT2D eigenvalue weighted by Gasteiger charge is -2.57. The minimum Gasteiger partial charge on any atom is -0.382 e. The molecule has 102 valence electrons. The van der Waals surface area contributed by atoms with E-state index in [2.05, 4.69) is 4.68 Å². The molecule has 3 nitrogen and oxygen atoms in total. The van der Waals surface area contributed by atoms with Crippen molar-refractivity contribution < 1.29 is 0 Å². The minimum absolute atomic E-state index is 0.362. The predicted molar refractivity (Wildman–Crippen MR) is 74.8 cm³/mol. The zero-order valence-electron chi connectivity index (χ0n) is 11.6. The molecule has 3 heteroatoms. The van der Waals surface area contributed by atoms with E-state index in [4.69, 9.17) is 10.8 Å². The first-order chi connectivity index (χ1) is 9.23. The fraction of sp³-hybridized carbons (Fsp3) is 0.812. The summed E-state index contributed by atoms with van der Waals surface area (Å²) in [6.07, 6.45) is 12.3. The maximum absolute atomic E-state index is 6.18. The van der Waals surface area contributed by atoms with Gasteiger partial charge < -0.3 is 5.73 Å². The number of rotatable bonds is 1. The average Bonchev–Trinajstić information content (AvgIpc) is 2.92. The maximum atomic E-state index is 6.18. The van der Waals surface area contributed by atoms with Crippen LogP contribution in [0.5, 0.6) is 0 Å². The standard InChI is InChI=1S/C16H23N3/c17-15-13-2-1-3-14(13)19(18-15)16-7-10-4-11(8-16)6-12(5-10)9-16/h10-12H,1-9H2,(H2,17,18). The maximum Gasteiger partial charge on any atom is 0.148 e. The molecular formula is C16H23N3. The first-order valence-electron chi connectivity index (χ1n) is 8.10. The van der Waals surface area contributed by atoms with Crippen LogP contribution in [-0.2, 0) is 18.4 Å². The summed E-state index contributed by atoms with van der Waals surface area (Å²) in [7, 11) is 0. The Morgan fingerprint density at radius 1 is 1.00 bits per heavy atom. The van der Waals surface area contributed by atoms with E-state index in [1.54, 1.807) is 0 Å². The average molecular weight is 257 g/mol. The number of hydrogen-bond donors (Lipinski definition) is 1. The van der Waals surface area contributed by atoms with Gasteiger partial charge in [-0.15, -0.1) is 0 Å². The Kier molecular flexibility index (Phi) is 1.90. The SMILES string of the molecule is Nc1nn(C23CC4CC(CC(C4)C2)C3)c2c1CCC2. The summed E-state index contributed by atoms with van der Waals surface area (Å²) in [6, 6.07) is 0. The molecule has 5 aliphatic carbocycles. The summed E-state index contributed by atoms with van der Waals surface area (Å²) in [6.45, 7) is 0. The zero-order valence-corrected chi connectivity index (χ0v) is 11.6. The number of hydrogen-bond acceptors (Lipinski definition) is 2. The Bertz CT molecular complexity index is 507. The monoisotopic (exact) mass is 257 g/mol. The third kappa shape index (κ3) is 1.31. The Hall–Kier alpha value is -0.990. The van der Waals surface area contributed by atoms with Crippen molar-refractivity contribution in [2.45, 2.75) is 63.3 Å². The van der Waals surface area contributed by atoms with Crippen molar-refractivity contribution in [1.29, 1.82) is 0 Å². The molecule has 19 heavy (non-hydrogen) atoms. The highest BCUT2D eigenvalue weighted by Gasteiger charge is 2.53. The van der Waals surface area contributed by atoms with Gasteiger partial charge in [0.05, 0.1) is 5.54 Å². The van der Waals surface area contributed by atoms with Crippen molar-refractivity contribution in [2.75, 3.05) is 5.73 Å². The van der Waals surface area contributed by atoms with Crippen molar-refractivity contribution in [2.24, 2.45) is 17.8 Å². The largest absolute Gasteiger partial charge is 0.382 e. The van der Waals surface area contributed by atoms with Crippen LogP contribution in [0.2, 0.25) is 0 Å². The molecule has 0 aromatic carbocycles. The Morgan fingerprint density at radius 3 is 2.26 bits per heavy atom. The summed E-state index contributed by atoms with van der Waals surface area (Å²) < 4.78 is 2.44. The lowest BCUT2D eigenvalue weighted by molar-refractivity contribution is -0.0505. The number of nitrogen functional groups attached to an aromatic ring is 1. The number of anilines is 1. The molecule has 0 saturated heterocycles. The summed E-state index contributed by atoms with van der Waals surface area (Å²) in [5, 5.41) is 4.82. The van der Waals surface area contributed by atoms with Crippen LogP contribution in [-0.4, -0.2) is 9.78 Å². The van der Waals surface area contributed by atoms with Crippen LogP contribution in [0.3, 0.4) is 0 Å². The van der Waals surface area contributed by atoms with Crippen LogP contribution in [0.1, 0.15) is 56.2 Å². The number of nitrogens with two attached hydrogens (primary N) is 1. The van der Waals surface area contributed by atoms with Gasteiger partial charge in [0.1, 0.15) is 5.82 Å². The van der Waals surface area contributed by atoms with Crippen molar-refractivity contribution in [3.63, 3.8) is 0 Å². The molecule has 4 bridgehead atoms. The number of aromatic nitrogens is 2. The van der Waals surface area contributed by atoms with Crippen molar-refractivity contribution in [3.8, 4) is 0 Å². The van der Waals surface area contributed by atoms with E-state index in [0.29, 0.717) is 5.54 Å². The van der Waals surface area contributed by atoms with E-state index in [9.17, 15) is 0 Å². The third-order valence-corrected chi connectivity index (χ3v) is 6.42. The van der Waals surface area contributed by atoms with Crippen LogP contribution in [0, 0.1) is 17.8 Å². The van der Waals surface area contributed by atoms with Gasteiger partial charge >= 0.3 is 0 Å². The lowest BCUT2D eigenvalue weighted by atomic mass is 9.53. The predicted octanol–water partition coefficient (Wildman–Crippen LogP) is 2.88. The van der Waals surface area contributed by atoms with Crippen LogP contribution >= 0.6 is 0 Å². The number of nitrogens with zero attached hydrogens (tertiary/aromatic N) is 2. The van der Waals surface area contributed by atoms with Gasteiger partial charge in [0, 0.05) is 11.3 Å². The van der Waals surface area contributed by atoms with Crippen molar-refractivity contribution in [3.05, 3.63) is 11.3 Å². The van der Waals surface area contributed by atoms with E-state index in [0.717, 1.165) is 30.0 Å². The highest BCUT2D eigenvalue weighted by Crippen LogP contribution is 2.59. The number of fused-ring (bicyclic) bond motifs is 1. The smallest absolute Gasteiger partial charge is 0.148 e. The quantitative estimate of drug-likeness (QED) is 0.840. The summed E-state index contributed by atoms with van der Waals surface area (Å²) >= 11 is 0. The van der Waals surface area contributed by atoms with E-state index < -0.39 is 0 Å². The molecule has 6 rings (SSSR count). The molecule has 1 heterocycles. The van der Waals surface area contributed by atoms with Crippen molar-refractivity contribution in [1.82, 2.24) is 9.78 Å². The van der Waals surface area contributed by atoms with Crippen LogP contribution < -0.4 is 5.73 Å². The van der Waals surface area contributed by atoms with Crippen LogP contribution in [0.15, 0.2) is 0 Å². The van der Waals surface area contributed by atoms with Gasteiger partial charge in [-0.1, -0.05) is 0 Å². The molecule has 0 amide bonds. The molecule has 2 N–H and O–H groups in total. The Morgan fingerprint density at radius 2 is 1.63 bits per heavy atom. The molecule has 0 radical (unpaired) electrons. The first-order valence-corrected chi connectivity index (χ1v) is 8.10. The van der Waals surface area contributed by atoms with Crippen LogP contribution in [0.25, 0.3) is 0 Å². The van der Waals surface area contributed by atoms with E-state index in [1.807, 2.05) is 0 Å². The molecule has 4 fully saturated rings. The topological polar surface area (TPSA) is 43.8 Å². The fourth-order valence-electron chi connectivity index (χ4n) is 6.18. The molecule has 0 spiro atoms. The zero-order chi connectivity index (χ0) is 12.6. The minimum atomic E-state index is 0.362. The summed E-state index contributed by atoms with van der Waals surface area (Å²) in [5.74, 6) is 3.78. The van der Waals surface area contributed by atoms with Gasteiger partial charge in [0.25, 0.3) is 0 Å². The van der Waals surface area contributed by atoms with Gasteiger partial charge in [-0.2, -0.15) is 5.10 Å². The van der Waals surface area contributed by atoms with Gasteiger partial charge in [0.15, 0.2) is 0 Å². The molecule has 5 aliphatic rings. The van der Waals surface area contributed by atoms with E-state index in [1.165, 1.54) is 62.6 Å². The van der Waals surface area contributed by atoms with Gasteiger partial charge in [-0.3, -0.25) is 4.68 Å². The first kappa shape index (κ1) is 10.8. The van der Waals surface area contributed by atoms with Crippen molar-refractivity contribution >= 4 is 5.82 Å². The van der Waals surface area contributed by atoms with Gasteiger partial charge in [-0.05, 0) is 75.5 Å². The second kappa shape index (κ2) is 3.36. The molecule has 4 saturated carbocycles. The van der Waals surface area contributed by atoms with E-state index in [-0.39, 0.29) is 0 Å². The summed E-state index contributed by atoms with van der Waals surface area (Å²) in [5.41, 5.74) is 9.43. The molecular weight excluding hydrogens is 234 g/mol. The normalized spacial score (nSPS) is 42.8. The highest BCUT2D eigenvalue weighted by molar-refractivity contribution is 5.46. The Balaban J connectivity index is 1.64. The lowest BCUT2D eigenvalue weighted by Crippen LogP contribution is -2.52. The molecule has 0 atom stereocenters.